The fourth-order valence-electron chi connectivity index (χ4n) is 28.4. The highest BCUT2D eigenvalue weighted by atomic mass is 32.2. The van der Waals surface area contributed by atoms with Crippen molar-refractivity contribution in [1.82, 2.24) is 0 Å². The van der Waals surface area contributed by atoms with E-state index in [0.717, 1.165) is 203 Å². The van der Waals surface area contributed by atoms with Crippen LogP contribution in [0.5, 0.6) is 0 Å². The molecule has 12 aliphatic carbocycles. The normalized spacial score (nSPS) is 40.3. The number of fused-ring (bicyclic) bond motifs is 15. The first-order valence-electron chi connectivity index (χ1n) is 43.9. The van der Waals surface area contributed by atoms with Gasteiger partial charge in [0.15, 0.2) is 0 Å². The van der Waals surface area contributed by atoms with Crippen molar-refractivity contribution in [1.29, 1.82) is 0 Å². The van der Waals surface area contributed by atoms with Crippen LogP contribution in [0.15, 0.2) is 108 Å². The molecular weight excluding hydrogens is 1410 g/mol. The van der Waals surface area contributed by atoms with Crippen LogP contribution in [0.1, 0.15) is 352 Å². The third-order valence-electron chi connectivity index (χ3n) is 35.5. The minimum atomic E-state index is -0.506. The predicted molar refractivity (Wildman–Crippen MR) is 455 cm³/mol. The highest BCUT2D eigenvalue weighted by molar-refractivity contribution is 7.93. The van der Waals surface area contributed by atoms with Gasteiger partial charge in [-0.25, -0.2) is 13.2 Å². The first kappa shape index (κ1) is 91.6. The number of aliphatic hydroxyl groups excluding tert-OH is 3. The van der Waals surface area contributed by atoms with Gasteiger partial charge in [0.1, 0.15) is 17.5 Å². The van der Waals surface area contributed by atoms with Crippen LogP contribution in [0.2, 0.25) is 0 Å². The number of hydrogen-bond donors (Lipinski definition) is 6. The van der Waals surface area contributed by atoms with Gasteiger partial charge < -0.3 is 30.6 Å². The van der Waals surface area contributed by atoms with Gasteiger partial charge in [-0.15, -0.1) is 0 Å². The summed E-state index contributed by atoms with van der Waals surface area (Å²) in [6.07, 6.45) is 44.1. The molecule has 6 N–H and O–H groups in total. The van der Waals surface area contributed by atoms with E-state index in [1.54, 1.807) is 53.1 Å². The molecule has 111 heavy (non-hydrogen) atoms. The van der Waals surface area contributed by atoms with Crippen molar-refractivity contribution < 1.29 is 47.7 Å². The van der Waals surface area contributed by atoms with Crippen molar-refractivity contribution in [3.63, 3.8) is 0 Å². The van der Waals surface area contributed by atoms with Gasteiger partial charge in [0.2, 0.25) is 0 Å². The number of benzene rings is 3. The van der Waals surface area contributed by atoms with Crippen molar-refractivity contribution >= 4 is 12.1 Å². The molecule has 27 atom stereocenters. The second-order valence-electron chi connectivity index (χ2n) is 40.2. The molecule has 3 unspecified atom stereocenters. The van der Waals surface area contributed by atoms with E-state index >= 15 is 0 Å². The largest absolute Gasteiger partial charge is 0.390 e. The first-order chi connectivity index (χ1) is 51.2. The van der Waals surface area contributed by atoms with Crippen LogP contribution in [0, 0.1) is 139 Å². The SMILES string of the molecule is C.C.C.CC[C@]1(O)CC[C@@]2(C)C(=CC[C@H]3[C@@H]4CC[C@H]([C@H](C)CCC(O)c5ccc(F)cc5)[C@@]4(C)CC[C@@H]32)C1.CC[C@]1(O)CC[C@@]2(C)C(=CC[C@H]3[C@@H]4CC[C@H]([C@H](C)CCC(O)c5ccc(F)cc5)[C@@]4(C)CC[C@@H]32)C1.CC[C@]1(O)CC[C@@]2(C)C(=CC[C@H]3[C@@H]4CC[C@H]([C@H](C)CCC(O)c5ccc(F)cc5)[C@@]4(C)CC[C@@H]32)C1.CSF. The standard InChI is InChI=1S/3C32H47FO2.CH3FS.3CH4/c3*1-5-32(35)19-18-30(3)23(20-32)9-12-25-27-14-13-26(31(27,4)17-16-28(25)30)21(2)6-15-29(34)22-7-10-24(33)11-8-22;1-3-2;;;/h3*7-11,21,25-29,34-35H,5-6,12-20H2,1-4H3;1H3;3*1H4/t3*21-,25+,26-,27+,28+,29?,30+,31-,32+;;;;/m111..../s1. The molecule has 626 valence electrons. The van der Waals surface area contributed by atoms with E-state index in [1.807, 2.05) is 0 Å². The van der Waals surface area contributed by atoms with Crippen molar-refractivity contribution in [2.45, 2.75) is 352 Å². The third-order valence-corrected chi connectivity index (χ3v) is 35.5. The van der Waals surface area contributed by atoms with Gasteiger partial charge in [-0.1, -0.05) is 177 Å². The Hall–Kier alpha value is -3.29. The number of allylic oxidation sites excluding steroid dienone is 3. The molecule has 11 heteroatoms. The molecule has 0 saturated heterocycles. The Morgan fingerprint density at radius 1 is 0.360 bits per heavy atom. The molecule has 3 aromatic carbocycles. The molecule has 9 fully saturated rings. The molecule has 3 aromatic rings. The third kappa shape index (κ3) is 18.0. The Bertz CT molecular complexity index is 3220. The summed E-state index contributed by atoms with van der Waals surface area (Å²) < 4.78 is 50.0. The Labute approximate surface area is 677 Å². The predicted octanol–water partition coefficient (Wildman–Crippen LogP) is 27.1. The highest BCUT2D eigenvalue weighted by Crippen LogP contribution is 2.72. The lowest BCUT2D eigenvalue weighted by molar-refractivity contribution is -0.0757. The quantitative estimate of drug-likeness (QED) is 0.0554. The van der Waals surface area contributed by atoms with Crippen molar-refractivity contribution in [2.24, 2.45) is 121 Å². The second kappa shape index (κ2) is 36.5. The van der Waals surface area contributed by atoms with Crippen LogP contribution in [0.3, 0.4) is 0 Å². The van der Waals surface area contributed by atoms with Gasteiger partial charge >= 0.3 is 0 Å². The number of halogens is 4. The van der Waals surface area contributed by atoms with Crippen molar-refractivity contribution in [3.8, 4) is 0 Å². The Balaban J connectivity index is 0.000000185. The summed E-state index contributed by atoms with van der Waals surface area (Å²) in [7, 11) is 0. The number of aliphatic hydroxyl groups is 6. The van der Waals surface area contributed by atoms with Crippen LogP contribution < -0.4 is 0 Å². The number of rotatable bonds is 18. The van der Waals surface area contributed by atoms with E-state index < -0.39 is 35.1 Å². The number of hydrogen-bond acceptors (Lipinski definition) is 7. The average Bonchev–Trinajstić information content (AvgIpc) is 1.70. The maximum Gasteiger partial charge on any atom is 0.123 e. The molecule has 0 heterocycles. The van der Waals surface area contributed by atoms with Crippen LogP contribution in [-0.2, 0) is 0 Å². The van der Waals surface area contributed by atoms with Crippen molar-refractivity contribution in [2.75, 3.05) is 6.26 Å². The zero-order chi connectivity index (χ0) is 77.7. The molecular formula is C100H156F4O6S. The van der Waals surface area contributed by atoms with Gasteiger partial charge in [-0.05, 0) is 386 Å². The molecule has 12 aliphatic rings. The van der Waals surface area contributed by atoms with E-state index in [9.17, 15) is 47.7 Å². The minimum Gasteiger partial charge on any atom is -0.390 e. The highest BCUT2D eigenvalue weighted by Gasteiger charge is 2.64. The maximum absolute atomic E-state index is 13.3. The summed E-state index contributed by atoms with van der Waals surface area (Å²) in [6.45, 7) is 29.0. The van der Waals surface area contributed by atoms with E-state index in [-0.39, 0.29) is 68.1 Å². The van der Waals surface area contributed by atoms with Gasteiger partial charge in [-0.2, -0.15) is 3.89 Å². The van der Waals surface area contributed by atoms with E-state index in [4.69, 9.17) is 0 Å². The fourth-order valence-corrected chi connectivity index (χ4v) is 28.4. The lowest BCUT2D eigenvalue weighted by Gasteiger charge is -2.59. The molecule has 6 nitrogen and oxygen atoms in total. The van der Waals surface area contributed by atoms with E-state index in [0.29, 0.717) is 34.0 Å². The van der Waals surface area contributed by atoms with Crippen LogP contribution in [0.25, 0.3) is 0 Å². The summed E-state index contributed by atoms with van der Waals surface area (Å²) in [6, 6.07) is 19.0. The smallest absolute Gasteiger partial charge is 0.123 e. The Morgan fingerprint density at radius 2 is 0.595 bits per heavy atom. The zero-order valence-electron chi connectivity index (χ0n) is 69.0. The summed E-state index contributed by atoms with van der Waals surface area (Å²) in [5, 5.41) is 65.1. The van der Waals surface area contributed by atoms with Gasteiger partial charge in [0.05, 0.1) is 35.1 Å². The van der Waals surface area contributed by atoms with Crippen LogP contribution in [0.4, 0.5) is 17.1 Å². The summed E-state index contributed by atoms with van der Waals surface area (Å²) in [5.41, 5.74) is 7.82. The van der Waals surface area contributed by atoms with E-state index in [2.05, 4.69) is 101 Å². The summed E-state index contributed by atoms with van der Waals surface area (Å²) in [5.74, 6) is 10.3. The molecule has 0 radical (unpaired) electrons. The summed E-state index contributed by atoms with van der Waals surface area (Å²) >= 11 is 0.250. The summed E-state index contributed by atoms with van der Waals surface area (Å²) in [4.78, 5) is 0. The Morgan fingerprint density at radius 3 is 0.820 bits per heavy atom. The van der Waals surface area contributed by atoms with Crippen molar-refractivity contribution in [3.05, 3.63) is 142 Å². The second-order valence-corrected chi connectivity index (χ2v) is 40.6. The Kier molecular flexibility index (Phi) is 30.1. The van der Waals surface area contributed by atoms with Gasteiger partial charge in [-0.3, -0.25) is 0 Å². The monoisotopic (exact) mass is 1560 g/mol. The average molecular weight is 1560 g/mol. The molecule has 0 bridgehead atoms. The first-order valence-corrected chi connectivity index (χ1v) is 45.0. The lowest BCUT2D eigenvalue weighted by Crippen LogP contribution is -2.52. The van der Waals surface area contributed by atoms with Gasteiger partial charge in [0, 0.05) is 18.4 Å². The van der Waals surface area contributed by atoms with Crippen LogP contribution in [-0.4, -0.2) is 53.7 Å². The molecule has 0 aliphatic heterocycles. The molecule has 9 saturated carbocycles. The molecule has 0 aromatic heterocycles. The van der Waals surface area contributed by atoms with Gasteiger partial charge in [0.25, 0.3) is 0 Å². The maximum atomic E-state index is 13.3. The fraction of sp³-hybridized carbons (Fsp3) is 0.760. The lowest BCUT2D eigenvalue weighted by atomic mass is 9.46. The molecule has 0 amide bonds. The minimum absolute atomic E-state index is 0. The topological polar surface area (TPSA) is 121 Å². The zero-order valence-corrected chi connectivity index (χ0v) is 69.8. The van der Waals surface area contributed by atoms with E-state index in [1.165, 1.54) is 139 Å². The molecule has 0 spiro atoms. The van der Waals surface area contributed by atoms with Crippen LogP contribution >= 0.6 is 12.1 Å². The molecule has 15 rings (SSSR count).